The normalized spacial score (nSPS) is 10.7. The third kappa shape index (κ3) is 1.99. The zero-order chi connectivity index (χ0) is 14.1. The van der Waals surface area contributed by atoms with E-state index in [0.29, 0.717) is 5.39 Å². The minimum Gasteiger partial charge on any atom is -0.384 e. The summed E-state index contributed by atoms with van der Waals surface area (Å²) in [6.45, 7) is 0. The molecule has 0 aliphatic heterocycles. The second-order valence-electron chi connectivity index (χ2n) is 4.29. The summed E-state index contributed by atoms with van der Waals surface area (Å²) >= 11 is 0. The number of carbonyl (C=O) groups is 1. The van der Waals surface area contributed by atoms with Gasteiger partial charge in [-0.3, -0.25) is 4.79 Å². The Morgan fingerprint density at radius 1 is 1.15 bits per heavy atom. The quantitative estimate of drug-likeness (QED) is 0.572. The van der Waals surface area contributed by atoms with Crippen molar-refractivity contribution in [1.82, 2.24) is 9.97 Å². The summed E-state index contributed by atoms with van der Waals surface area (Å²) in [5, 5.41) is 1.42. The molecule has 0 saturated heterocycles. The van der Waals surface area contributed by atoms with Crippen LogP contribution in [0.4, 0.5) is 10.2 Å². The van der Waals surface area contributed by atoms with Gasteiger partial charge in [-0.15, -0.1) is 0 Å². The number of hydrogen-bond donors (Lipinski definition) is 1. The van der Waals surface area contributed by atoms with Crippen LogP contribution < -0.4 is 5.73 Å². The lowest BCUT2D eigenvalue weighted by atomic mass is 10.0. The van der Waals surface area contributed by atoms with E-state index in [2.05, 4.69) is 9.97 Å². The average Bonchev–Trinajstić information content (AvgIpc) is 2.46. The van der Waals surface area contributed by atoms with Gasteiger partial charge in [0.05, 0.1) is 5.56 Å². The Balaban J connectivity index is 2.24. The summed E-state index contributed by atoms with van der Waals surface area (Å²) in [5.74, 6) is -1.12. The zero-order valence-corrected chi connectivity index (χ0v) is 10.4. The molecule has 3 aromatic rings. The van der Waals surface area contributed by atoms with Gasteiger partial charge in [0.1, 0.15) is 11.5 Å². The molecule has 1 aromatic carbocycles. The van der Waals surface area contributed by atoms with E-state index in [9.17, 15) is 9.18 Å². The standard InChI is InChI=1S/C15H10FN3O/c16-15-11(6-3-7-18-15)14(20)13-10-5-2-1-4-9(10)8-12(17)19-13/h1-8H,(H2,17,19). The Hall–Kier alpha value is -2.82. The molecule has 0 aliphatic rings. The van der Waals surface area contributed by atoms with Crippen molar-refractivity contribution < 1.29 is 9.18 Å². The number of rotatable bonds is 2. The molecule has 0 bridgehead atoms. The number of carbonyl (C=O) groups excluding carboxylic acids is 1. The summed E-state index contributed by atoms with van der Waals surface area (Å²) in [6, 6.07) is 11.8. The number of halogens is 1. The fraction of sp³-hybridized carbons (Fsp3) is 0. The van der Waals surface area contributed by atoms with E-state index in [-0.39, 0.29) is 17.1 Å². The lowest BCUT2D eigenvalue weighted by Crippen LogP contribution is -2.09. The number of benzene rings is 1. The number of nitrogen functional groups attached to an aromatic ring is 1. The fourth-order valence-electron chi connectivity index (χ4n) is 2.08. The summed E-state index contributed by atoms with van der Waals surface area (Å²) in [6.07, 6.45) is 1.29. The van der Waals surface area contributed by atoms with Gasteiger partial charge in [-0.05, 0) is 23.6 Å². The van der Waals surface area contributed by atoms with Gasteiger partial charge in [0.2, 0.25) is 11.7 Å². The Labute approximate surface area is 114 Å². The van der Waals surface area contributed by atoms with Crippen LogP contribution in [0, 0.1) is 5.95 Å². The van der Waals surface area contributed by atoms with Crippen molar-refractivity contribution in [1.29, 1.82) is 0 Å². The molecule has 0 radical (unpaired) electrons. The Morgan fingerprint density at radius 3 is 2.75 bits per heavy atom. The summed E-state index contributed by atoms with van der Waals surface area (Å²) in [7, 11) is 0. The third-order valence-electron chi connectivity index (χ3n) is 2.98. The number of hydrogen-bond acceptors (Lipinski definition) is 4. The van der Waals surface area contributed by atoms with Gasteiger partial charge in [-0.25, -0.2) is 9.97 Å². The van der Waals surface area contributed by atoms with Gasteiger partial charge < -0.3 is 5.73 Å². The maximum Gasteiger partial charge on any atom is 0.224 e. The minimum atomic E-state index is -0.814. The molecule has 0 fully saturated rings. The van der Waals surface area contributed by atoms with Crippen molar-refractivity contribution >= 4 is 22.4 Å². The van der Waals surface area contributed by atoms with E-state index in [1.54, 1.807) is 18.2 Å². The van der Waals surface area contributed by atoms with Crippen LogP contribution in [-0.4, -0.2) is 15.8 Å². The molecule has 0 aliphatic carbocycles. The van der Waals surface area contributed by atoms with Gasteiger partial charge in [0, 0.05) is 11.6 Å². The van der Waals surface area contributed by atoms with Crippen molar-refractivity contribution in [3.05, 3.63) is 65.9 Å². The summed E-state index contributed by atoms with van der Waals surface area (Å²) in [5.41, 5.74) is 5.72. The number of ketones is 1. The lowest BCUT2D eigenvalue weighted by molar-refractivity contribution is 0.103. The summed E-state index contributed by atoms with van der Waals surface area (Å²) < 4.78 is 13.6. The molecule has 2 heterocycles. The first-order valence-electron chi connectivity index (χ1n) is 5.97. The molecule has 20 heavy (non-hydrogen) atoms. The maximum absolute atomic E-state index is 13.6. The second kappa shape index (κ2) is 4.70. The van der Waals surface area contributed by atoms with Crippen LogP contribution in [0.15, 0.2) is 48.7 Å². The Kier molecular flexibility index (Phi) is 2.87. The molecule has 2 aromatic heterocycles. The lowest BCUT2D eigenvalue weighted by Gasteiger charge is -2.06. The van der Waals surface area contributed by atoms with Crippen LogP contribution in [0.5, 0.6) is 0 Å². The zero-order valence-electron chi connectivity index (χ0n) is 10.4. The monoisotopic (exact) mass is 267 g/mol. The number of fused-ring (bicyclic) bond motifs is 1. The molecular weight excluding hydrogens is 257 g/mol. The van der Waals surface area contributed by atoms with Gasteiger partial charge in [-0.2, -0.15) is 4.39 Å². The Bertz CT molecular complexity index is 817. The van der Waals surface area contributed by atoms with Crippen LogP contribution in [0.3, 0.4) is 0 Å². The molecule has 4 nitrogen and oxygen atoms in total. The molecular formula is C15H10FN3O. The molecule has 0 saturated carbocycles. The molecule has 98 valence electrons. The van der Waals surface area contributed by atoms with Crippen LogP contribution in [0.2, 0.25) is 0 Å². The molecule has 2 N–H and O–H groups in total. The first kappa shape index (κ1) is 12.2. The van der Waals surface area contributed by atoms with Crippen LogP contribution in [0.25, 0.3) is 10.8 Å². The largest absolute Gasteiger partial charge is 0.384 e. The molecule has 0 atom stereocenters. The van der Waals surface area contributed by atoms with Crippen molar-refractivity contribution in [3.63, 3.8) is 0 Å². The van der Waals surface area contributed by atoms with Crippen molar-refractivity contribution in [2.75, 3.05) is 5.73 Å². The molecule has 0 spiro atoms. The highest BCUT2D eigenvalue weighted by Gasteiger charge is 2.18. The van der Waals surface area contributed by atoms with Gasteiger partial charge in [0.15, 0.2) is 0 Å². The highest BCUT2D eigenvalue weighted by Crippen LogP contribution is 2.22. The number of nitrogens with two attached hydrogens (primary N) is 1. The topological polar surface area (TPSA) is 68.9 Å². The third-order valence-corrected chi connectivity index (χ3v) is 2.98. The smallest absolute Gasteiger partial charge is 0.224 e. The van der Waals surface area contributed by atoms with E-state index < -0.39 is 11.7 Å². The molecule has 3 rings (SSSR count). The van der Waals surface area contributed by atoms with Gasteiger partial charge >= 0.3 is 0 Å². The SMILES string of the molecule is Nc1cc2ccccc2c(C(=O)c2cccnc2F)n1. The van der Waals surface area contributed by atoms with E-state index in [1.165, 1.54) is 18.3 Å². The molecule has 5 heteroatoms. The number of nitrogens with zero attached hydrogens (tertiary/aromatic N) is 2. The van der Waals surface area contributed by atoms with Crippen molar-refractivity contribution in [3.8, 4) is 0 Å². The number of anilines is 1. The van der Waals surface area contributed by atoms with E-state index in [0.717, 1.165) is 5.39 Å². The molecule has 0 amide bonds. The van der Waals surface area contributed by atoms with Crippen LogP contribution in [0.1, 0.15) is 16.1 Å². The average molecular weight is 267 g/mol. The van der Waals surface area contributed by atoms with Gasteiger partial charge in [0.25, 0.3) is 0 Å². The predicted molar refractivity (Wildman–Crippen MR) is 73.8 cm³/mol. The van der Waals surface area contributed by atoms with Gasteiger partial charge in [-0.1, -0.05) is 24.3 Å². The first-order chi connectivity index (χ1) is 9.66. The first-order valence-corrected chi connectivity index (χ1v) is 5.97. The number of pyridine rings is 2. The Morgan fingerprint density at radius 2 is 1.95 bits per heavy atom. The van der Waals surface area contributed by atoms with E-state index >= 15 is 0 Å². The summed E-state index contributed by atoms with van der Waals surface area (Å²) in [4.78, 5) is 20.0. The second-order valence-corrected chi connectivity index (χ2v) is 4.29. The van der Waals surface area contributed by atoms with Crippen molar-refractivity contribution in [2.24, 2.45) is 0 Å². The maximum atomic E-state index is 13.6. The van der Waals surface area contributed by atoms with Crippen LogP contribution in [-0.2, 0) is 0 Å². The highest BCUT2D eigenvalue weighted by atomic mass is 19.1. The van der Waals surface area contributed by atoms with Crippen molar-refractivity contribution in [2.45, 2.75) is 0 Å². The van der Waals surface area contributed by atoms with E-state index in [4.69, 9.17) is 5.73 Å². The number of aromatic nitrogens is 2. The molecule has 0 unspecified atom stereocenters. The van der Waals surface area contributed by atoms with Crippen LogP contribution >= 0.6 is 0 Å². The predicted octanol–water partition coefficient (Wildman–Crippen LogP) is 2.58. The fourth-order valence-corrected chi connectivity index (χ4v) is 2.08. The van der Waals surface area contributed by atoms with E-state index in [1.807, 2.05) is 12.1 Å². The minimum absolute atomic E-state index is 0.115. The highest BCUT2D eigenvalue weighted by molar-refractivity contribution is 6.15.